The normalized spacial score (nSPS) is 12.2. The van der Waals surface area contributed by atoms with E-state index in [9.17, 15) is 9.18 Å². The number of carbonyl (C=O) groups is 1. The van der Waals surface area contributed by atoms with Crippen LogP contribution in [0.4, 0.5) is 15.8 Å². The molecular weight excluding hydrogens is 223 g/mol. The summed E-state index contributed by atoms with van der Waals surface area (Å²) in [6.45, 7) is 4.71. The van der Waals surface area contributed by atoms with Crippen molar-refractivity contribution < 1.29 is 14.3 Å². The fraction of sp³-hybridized carbons (Fsp3) is 0.417. The van der Waals surface area contributed by atoms with E-state index in [1.807, 2.05) is 13.8 Å². The summed E-state index contributed by atoms with van der Waals surface area (Å²) in [6.07, 6.45) is 0.978. The number of hydrogen-bond donors (Lipinski definition) is 3. The number of carboxylic acid groups (broad SMARTS) is 1. The topological polar surface area (TPSA) is 75.3 Å². The van der Waals surface area contributed by atoms with Gasteiger partial charge in [0, 0.05) is 6.54 Å². The number of benzene rings is 1. The first-order valence-electron chi connectivity index (χ1n) is 5.52. The minimum Gasteiger partial charge on any atom is -0.478 e. The quantitative estimate of drug-likeness (QED) is 0.691. The third-order valence-electron chi connectivity index (χ3n) is 2.74. The molecule has 1 aromatic carbocycles. The zero-order chi connectivity index (χ0) is 13.0. The Hall–Kier alpha value is -1.78. The molecule has 94 valence electrons. The SMILES string of the molecule is CCC(C)CNc1ccc(F)c(N)c1C(=O)O. The number of nitrogen functional groups attached to an aromatic ring is 1. The van der Waals surface area contributed by atoms with Crippen LogP contribution in [0, 0.1) is 11.7 Å². The summed E-state index contributed by atoms with van der Waals surface area (Å²) in [5.74, 6) is -1.53. The van der Waals surface area contributed by atoms with Crippen LogP contribution in [0.2, 0.25) is 0 Å². The Morgan fingerprint density at radius 2 is 2.24 bits per heavy atom. The van der Waals surface area contributed by atoms with E-state index in [0.29, 0.717) is 18.2 Å². The summed E-state index contributed by atoms with van der Waals surface area (Å²) in [5.41, 5.74) is 5.26. The van der Waals surface area contributed by atoms with Gasteiger partial charge in [-0.05, 0) is 18.1 Å². The lowest BCUT2D eigenvalue weighted by atomic mass is 10.1. The van der Waals surface area contributed by atoms with E-state index in [1.165, 1.54) is 12.1 Å². The van der Waals surface area contributed by atoms with E-state index in [1.54, 1.807) is 0 Å². The standard InChI is InChI=1S/C12H17FN2O2/c1-3-7(2)6-15-9-5-4-8(13)11(14)10(9)12(16)17/h4-5,7,15H,3,6,14H2,1-2H3,(H,16,17). The molecule has 17 heavy (non-hydrogen) atoms. The Labute approximate surface area is 99.6 Å². The molecule has 0 aliphatic carbocycles. The molecule has 0 amide bonds. The second kappa shape index (κ2) is 5.52. The maximum absolute atomic E-state index is 13.2. The van der Waals surface area contributed by atoms with Crippen LogP contribution in [-0.4, -0.2) is 17.6 Å². The first-order chi connectivity index (χ1) is 7.97. The van der Waals surface area contributed by atoms with Gasteiger partial charge in [0.15, 0.2) is 0 Å². The average Bonchev–Trinajstić information content (AvgIpc) is 2.29. The summed E-state index contributed by atoms with van der Waals surface area (Å²) in [6, 6.07) is 2.57. The number of nitrogens with two attached hydrogens (primary N) is 1. The Morgan fingerprint density at radius 1 is 1.59 bits per heavy atom. The molecule has 0 spiro atoms. The van der Waals surface area contributed by atoms with Gasteiger partial charge in [-0.25, -0.2) is 9.18 Å². The molecule has 0 radical (unpaired) electrons. The monoisotopic (exact) mass is 240 g/mol. The van der Waals surface area contributed by atoms with Crippen molar-refractivity contribution in [3.05, 3.63) is 23.5 Å². The first kappa shape index (κ1) is 13.3. The lowest BCUT2D eigenvalue weighted by Gasteiger charge is -2.14. The van der Waals surface area contributed by atoms with Gasteiger partial charge in [0.1, 0.15) is 11.4 Å². The fourth-order valence-electron chi connectivity index (χ4n) is 1.40. The van der Waals surface area contributed by atoms with E-state index >= 15 is 0 Å². The van der Waals surface area contributed by atoms with Crippen molar-refractivity contribution in [1.29, 1.82) is 0 Å². The van der Waals surface area contributed by atoms with Crippen LogP contribution in [0.15, 0.2) is 12.1 Å². The van der Waals surface area contributed by atoms with Gasteiger partial charge in [-0.3, -0.25) is 0 Å². The molecule has 0 fully saturated rings. The van der Waals surface area contributed by atoms with Crippen molar-refractivity contribution in [2.45, 2.75) is 20.3 Å². The third kappa shape index (κ3) is 3.09. The lowest BCUT2D eigenvalue weighted by molar-refractivity contribution is 0.0698. The van der Waals surface area contributed by atoms with Gasteiger partial charge in [-0.15, -0.1) is 0 Å². The zero-order valence-electron chi connectivity index (χ0n) is 9.96. The van der Waals surface area contributed by atoms with Gasteiger partial charge in [0.2, 0.25) is 0 Å². The van der Waals surface area contributed by atoms with E-state index < -0.39 is 11.8 Å². The van der Waals surface area contributed by atoms with Crippen molar-refractivity contribution in [1.82, 2.24) is 0 Å². The highest BCUT2D eigenvalue weighted by molar-refractivity contribution is 6.00. The molecule has 0 saturated carbocycles. The summed E-state index contributed by atoms with van der Waals surface area (Å²) >= 11 is 0. The maximum atomic E-state index is 13.2. The Bertz CT molecular complexity index is 421. The van der Waals surface area contributed by atoms with Crippen LogP contribution in [0.1, 0.15) is 30.6 Å². The highest BCUT2D eigenvalue weighted by Crippen LogP contribution is 2.25. The van der Waals surface area contributed by atoms with Gasteiger partial charge in [0.25, 0.3) is 0 Å². The molecule has 0 heterocycles. The van der Waals surface area contributed by atoms with Crippen molar-refractivity contribution >= 4 is 17.3 Å². The van der Waals surface area contributed by atoms with Crippen LogP contribution >= 0.6 is 0 Å². The molecule has 0 aliphatic heterocycles. The molecule has 0 aliphatic rings. The fourth-order valence-corrected chi connectivity index (χ4v) is 1.40. The summed E-state index contributed by atoms with van der Waals surface area (Å²) in [5, 5.41) is 12.0. The Balaban J connectivity index is 2.99. The van der Waals surface area contributed by atoms with E-state index in [4.69, 9.17) is 10.8 Å². The molecule has 4 N–H and O–H groups in total. The number of carboxylic acids is 1. The van der Waals surface area contributed by atoms with Crippen LogP contribution < -0.4 is 11.1 Å². The minimum absolute atomic E-state index is 0.201. The van der Waals surface area contributed by atoms with Gasteiger partial charge in [-0.2, -0.15) is 0 Å². The largest absolute Gasteiger partial charge is 0.478 e. The van der Waals surface area contributed by atoms with E-state index in [0.717, 1.165) is 6.42 Å². The van der Waals surface area contributed by atoms with Crippen molar-refractivity contribution in [2.24, 2.45) is 5.92 Å². The second-order valence-corrected chi connectivity index (χ2v) is 4.08. The number of rotatable bonds is 5. The van der Waals surface area contributed by atoms with Crippen LogP contribution in [0.5, 0.6) is 0 Å². The molecular formula is C12H17FN2O2. The third-order valence-corrected chi connectivity index (χ3v) is 2.74. The molecule has 1 atom stereocenters. The lowest BCUT2D eigenvalue weighted by Crippen LogP contribution is -2.15. The zero-order valence-corrected chi connectivity index (χ0v) is 9.96. The first-order valence-corrected chi connectivity index (χ1v) is 5.52. The highest BCUT2D eigenvalue weighted by Gasteiger charge is 2.17. The number of nitrogens with one attached hydrogen (secondary N) is 1. The summed E-state index contributed by atoms with van der Waals surface area (Å²) in [4.78, 5) is 11.0. The van der Waals surface area contributed by atoms with Gasteiger partial charge in [-0.1, -0.05) is 20.3 Å². The highest BCUT2D eigenvalue weighted by atomic mass is 19.1. The van der Waals surface area contributed by atoms with Crippen LogP contribution in [0.25, 0.3) is 0 Å². The van der Waals surface area contributed by atoms with Gasteiger partial charge < -0.3 is 16.2 Å². The van der Waals surface area contributed by atoms with Crippen LogP contribution in [0.3, 0.4) is 0 Å². The molecule has 1 rings (SSSR count). The summed E-state index contributed by atoms with van der Waals surface area (Å²) in [7, 11) is 0. The molecule has 1 aromatic rings. The van der Waals surface area contributed by atoms with Crippen LogP contribution in [-0.2, 0) is 0 Å². The Kier molecular flexibility index (Phi) is 4.31. The predicted molar refractivity (Wildman–Crippen MR) is 65.7 cm³/mol. The molecule has 0 bridgehead atoms. The van der Waals surface area contributed by atoms with Crippen molar-refractivity contribution in [3.8, 4) is 0 Å². The molecule has 4 nitrogen and oxygen atoms in total. The molecule has 5 heteroatoms. The van der Waals surface area contributed by atoms with E-state index in [2.05, 4.69) is 5.32 Å². The average molecular weight is 240 g/mol. The molecule has 0 saturated heterocycles. The molecule has 0 aromatic heterocycles. The number of aromatic carboxylic acids is 1. The Morgan fingerprint density at radius 3 is 2.76 bits per heavy atom. The van der Waals surface area contributed by atoms with E-state index in [-0.39, 0.29) is 11.3 Å². The van der Waals surface area contributed by atoms with Crippen molar-refractivity contribution in [3.63, 3.8) is 0 Å². The van der Waals surface area contributed by atoms with Gasteiger partial charge >= 0.3 is 5.97 Å². The van der Waals surface area contributed by atoms with Gasteiger partial charge in [0.05, 0.1) is 11.4 Å². The number of halogens is 1. The number of hydrogen-bond acceptors (Lipinski definition) is 3. The smallest absolute Gasteiger partial charge is 0.340 e. The summed E-state index contributed by atoms with van der Waals surface area (Å²) < 4.78 is 13.2. The molecule has 1 unspecified atom stereocenters. The van der Waals surface area contributed by atoms with Crippen molar-refractivity contribution in [2.75, 3.05) is 17.6 Å². The minimum atomic E-state index is -1.23. The maximum Gasteiger partial charge on any atom is 0.340 e. The number of anilines is 2. The second-order valence-electron chi connectivity index (χ2n) is 4.08. The predicted octanol–water partition coefficient (Wildman–Crippen LogP) is 2.56.